The van der Waals surface area contributed by atoms with Crippen LogP contribution < -0.4 is 10.6 Å². The van der Waals surface area contributed by atoms with Gasteiger partial charge in [0.25, 0.3) is 0 Å². The molecule has 2 heterocycles. The van der Waals surface area contributed by atoms with Gasteiger partial charge in [-0.15, -0.1) is 0 Å². The summed E-state index contributed by atoms with van der Waals surface area (Å²) >= 11 is 0. The highest BCUT2D eigenvalue weighted by Crippen LogP contribution is 2.52. The molecule has 23 heavy (non-hydrogen) atoms. The highest BCUT2D eigenvalue weighted by atomic mass is 16.5. The molecule has 0 spiro atoms. The second-order valence-corrected chi connectivity index (χ2v) is 7.64. The number of guanidine groups is 1. The van der Waals surface area contributed by atoms with Crippen LogP contribution in [0.4, 0.5) is 0 Å². The molecule has 6 nitrogen and oxygen atoms in total. The predicted octanol–water partition coefficient (Wildman–Crippen LogP) is 0.686. The van der Waals surface area contributed by atoms with Gasteiger partial charge in [0.2, 0.25) is 0 Å². The quantitative estimate of drug-likeness (QED) is 0.588. The maximum Gasteiger partial charge on any atom is 0.191 e. The van der Waals surface area contributed by atoms with E-state index in [0.717, 1.165) is 51.8 Å². The van der Waals surface area contributed by atoms with Crippen molar-refractivity contribution in [3.8, 4) is 0 Å². The third kappa shape index (κ3) is 3.35. The molecule has 0 radical (unpaired) electrons. The maximum absolute atomic E-state index is 5.87. The number of hydrogen-bond donors (Lipinski definition) is 2. The Morgan fingerprint density at radius 2 is 2.04 bits per heavy atom. The van der Waals surface area contributed by atoms with E-state index >= 15 is 0 Å². The lowest BCUT2D eigenvalue weighted by Gasteiger charge is -2.55. The first-order valence-electron chi connectivity index (χ1n) is 8.94. The first kappa shape index (κ1) is 17.0. The van der Waals surface area contributed by atoms with Gasteiger partial charge in [-0.3, -0.25) is 9.89 Å². The van der Waals surface area contributed by atoms with Crippen LogP contribution in [0.2, 0.25) is 0 Å². The molecule has 2 saturated heterocycles. The molecule has 4 atom stereocenters. The van der Waals surface area contributed by atoms with Crippen molar-refractivity contribution in [2.45, 2.75) is 45.4 Å². The Morgan fingerprint density at radius 1 is 1.30 bits per heavy atom. The van der Waals surface area contributed by atoms with Gasteiger partial charge in [0.15, 0.2) is 5.96 Å². The minimum atomic E-state index is 0.175. The summed E-state index contributed by atoms with van der Waals surface area (Å²) in [6.07, 6.45) is 1.57. The summed E-state index contributed by atoms with van der Waals surface area (Å²) in [5.41, 5.74) is 0.175. The van der Waals surface area contributed by atoms with E-state index in [2.05, 4.69) is 41.3 Å². The summed E-state index contributed by atoms with van der Waals surface area (Å²) in [6, 6.07) is 0.925. The maximum atomic E-state index is 5.87. The topological polar surface area (TPSA) is 58.1 Å². The summed E-state index contributed by atoms with van der Waals surface area (Å²) in [7, 11) is 1.85. The van der Waals surface area contributed by atoms with Gasteiger partial charge in [-0.05, 0) is 13.3 Å². The normalized spacial score (nSPS) is 35.3. The van der Waals surface area contributed by atoms with Gasteiger partial charge in [0.1, 0.15) is 0 Å². The van der Waals surface area contributed by atoms with Gasteiger partial charge >= 0.3 is 0 Å². The zero-order valence-electron chi connectivity index (χ0n) is 15.0. The van der Waals surface area contributed by atoms with Crippen molar-refractivity contribution in [3.05, 3.63) is 0 Å². The average molecular weight is 324 g/mol. The van der Waals surface area contributed by atoms with Crippen LogP contribution in [0, 0.1) is 11.3 Å². The summed E-state index contributed by atoms with van der Waals surface area (Å²) in [4.78, 5) is 6.89. The zero-order valence-corrected chi connectivity index (χ0v) is 15.0. The largest absolute Gasteiger partial charge is 0.379 e. The molecule has 0 amide bonds. The molecule has 132 valence electrons. The predicted molar refractivity (Wildman–Crippen MR) is 91.8 cm³/mol. The SMILES string of the molecule is CN=C(NCC(C)N1CCOCC1)NC1C2CCOC2C1(C)C. The molecule has 3 fully saturated rings. The van der Waals surface area contributed by atoms with Gasteiger partial charge < -0.3 is 20.1 Å². The Kier molecular flexibility index (Phi) is 5.13. The molecule has 1 aliphatic carbocycles. The second kappa shape index (κ2) is 6.95. The van der Waals surface area contributed by atoms with E-state index < -0.39 is 0 Å². The molecule has 4 unspecified atom stereocenters. The minimum absolute atomic E-state index is 0.175. The Morgan fingerprint density at radius 3 is 2.74 bits per heavy atom. The molecule has 0 aromatic carbocycles. The van der Waals surface area contributed by atoms with Gasteiger partial charge in [0.05, 0.1) is 19.3 Å². The second-order valence-electron chi connectivity index (χ2n) is 7.64. The number of morpholine rings is 1. The fraction of sp³-hybridized carbons (Fsp3) is 0.941. The van der Waals surface area contributed by atoms with Crippen molar-refractivity contribution in [3.63, 3.8) is 0 Å². The minimum Gasteiger partial charge on any atom is -0.379 e. The van der Waals surface area contributed by atoms with Crippen LogP contribution >= 0.6 is 0 Å². The number of ether oxygens (including phenoxy) is 2. The van der Waals surface area contributed by atoms with Crippen molar-refractivity contribution < 1.29 is 9.47 Å². The molecule has 3 aliphatic rings. The van der Waals surface area contributed by atoms with Crippen molar-refractivity contribution in [1.82, 2.24) is 15.5 Å². The Hall–Kier alpha value is -0.850. The van der Waals surface area contributed by atoms with Crippen LogP contribution in [-0.4, -0.2) is 75.5 Å². The standard InChI is InChI=1S/C17H32N4O2/c1-12(21-6-9-22-10-7-21)11-19-16(18-4)20-14-13-5-8-23-15(13)17(14,2)3/h12-15H,5-11H2,1-4H3,(H2,18,19,20). The summed E-state index contributed by atoms with van der Waals surface area (Å²) in [6.45, 7) is 12.4. The Bertz CT molecular complexity index is 434. The van der Waals surface area contributed by atoms with E-state index in [-0.39, 0.29) is 5.41 Å². The highest BCUT2D eigenvalue weighted by molar-refractivity contribution is 5.80. The first-order valence-corrected chi connectivity index (χ1v) is 8.94. The van der Waals surface area contributed by atoms with Crippen LogP contribution in [0.1, 0.15) is 27.2 Å². The van der Waals surface area contributed by atoms with E-state index in [1.165, 1.54) is 0 Å². The number of rotatable bonds is 4. The fourth-order valence-corrected chi connectivity index (χ4v) is 4.35. The Balaban J connectivity index is 1.48. The van der Waals surface area contributed by atoms with E-state index in [1.54, 1.807) is 0 Å². The summed E-state index contributed by atoms with van der Waals surface area (Å²) in [5.74, 6) is 1.54. The van der Waals surface area contributed by atoms with Crippen molar-refractivity contribution in [2.24, 2.45) is 16.3 Å². The van der Waals surface area contributed by atoms with E-state index in [0.29, 0.717) is 24.1 Å². The van der Waals surface area contributed by atoms with Crippen LogP contribution in [-0.2, 0) is 9.47 Å². The first-order chi connectivity index (χ1) is 11.0. The monoisotopic (exact) mass is 324 g/mol. The third-order valence-electron chi connectivity index (χ3n) is 5.85. The third-order valence-corrected chi connectivity index (χ3v) is 5.85. The van der Waals surface area contributed by atoms with Crippen molar-refractivity contribution in [1.29, 1.82) is 0 Å². The van der Waals surface area contributed by atoms with Gasteiger partial charge in [-0.2, -0.15) is 0 Å². The fourth-order valence-electron chi connectivity index (χ4n) is 4.35. The van der Waals surface area contributed by atoms with Crippen LogP contribution in [0.5, 0.6) is 0 Å². The molecule has 2 N–H and O–H groups in total. The summed E-state index contributed by atoms with van der Waals surface area (Å²) < 4.78 is 11.3. The molecule has 0 aromatic heterocycles. The summed E-state index contributed by atoms with van der Waals surface area (Å²) in [5, 5.41) is 7.14. The number of nitrogens with one attached hydrogen (secondary N) is 2. The molecule has 2 aliphatic heterocycles. The number of hydrogen-bond acceptors (Lipinski definition) is 4. The van der Waals surface area contributed by atoms with Gasteiger partial charge in [-0.25, -0.2) is 0 Å². The van der Waals surface area contributed by atoms with E-state index in [9.17, 15) is 0 Å². The van der Waals surface area contributed by atoms with Crippen molar-refractivity contribution in [2.75, 3.05) is 46.5 Å². The highest BCUT2D eigenvalue weighted by Gasteiger charge is 2.59. The number of fused-ring (bicyclic) bond motifs is 1. The lowest BCUT2D eigenvalue weighted by molar-refractivity contribution is -0.106. The molecule has 0 aromatic rings. The lowest BCUT2D eigenvalue weighted by atomic mass is 9.57. The Labute approximate surface area is 140 Å². The van der Waals surface area contributed by atoms with Crippen LogP contribution in [0.25, 0.3) is 0 Å². The van der Waals surface area contributed by atoms with E-state index in [4.69, 9.17) is 9.47 Å². The molecule has 3 rings (SSSR count). The molecular weight excluding hydrogens is 292 g/mol. The van der Waals surface area contributed by atoms with Gasteiger partial charge in [-0.1, -0.05) is 13.8 Å². The average Bonchev–Trinajstić information content (AvgIpc) is 3.02. The molecular formula is C17H32N4O2. The molecule has 6 heteroatoms. The number of aliphatic imine (C=N–C) groups is 1. The lowest BCUT2D eigenvalue weighted by Crippen LogP contribution is -2.68. The zero-order chi connectivity index (χ0) is 16.4. The van der Waals surface area contributed by atoms with Crippen LogP contribution in [0.15, 0.2) is 4.99 Å². The molecule has 1 saturated carbocycles. The smallest absolute Gasteiger partial charge is 0.191 e. The number of nitrogens with zero attached hydrogens (tertiary/aromatic N) is 2. The molecule has 0 bridgehead atoms. The van der Waals surface area contributed by atoms with Gasteiger partial charge in [0, 0.05) is 56.7 Å². The van der Waals surface area contributed by atoms with E-state index in [1.807, 2.05) is 7.05 Å². The van der Waals surface area contributed by atoms with Crippen molar-refractivity contribution >= 4 is 5.96 Å². The van der Waals surface area contributed by atoms with Crippen LogP contribution in [0.3, 0.4) is 0 Å².